The summed E-state index contributed by atoms with van der Waals surface area (Å²) in [7, 11) is 0. The molecular formula is C20H32N2O3. The number of hydrogen-bond donors (Lipinski definition) is 1. The number of nitrogens with zero attached hydrogens (tertiary/aromatic N) is 1. The summed E-state index contributed by atoms with van der Waals surface area (Å²) in [5.41, 5.74) is 3.29. The molecule has 1 heterocycles. The van der Waals surface area contributed by atoms with Gasteiger partial charge in [0, 0.05) is 25.2 Å². The maximum atomic E-state index is 12.3. The summed E-state index contributed by atoms with van der Waals surface area (Å²) in [6, 6.07) is 4.15. The zero-order chi connectivity index (χ0) is 18.4. The molecule has 1 fully saturated rings. The van der Waals surface area contributed by atoms with Gasteiger partial charge in [-0.3, -0.25) is 9.69 Å². The van der Waals surface area contributed by atoms with Gasteiger partial charge in [-0.1, -0.05) is 24.6 Å². The molecule has 2 rings (SSSR count). The maximum absolute atomic E-state index is 12.3. The standard InChI is InChI=1S/C20H32N2O3/c1-6-20(5,22-7-9-24-10-8-22)14-21-18(23)13-25-19-16(3)11-15(2)12-17(19)4/h11-12H,6-10,13-14H2,1-5H3,(H,21,23). The van der Waals surface area contributed by atoms with E-state index >= 15 is 0 Å². The van der Waals surface area contributed by atoms with Gasteiger partial charge in [-0.25, -0.2) is 0 Å². The highest BCUT2D eigenvalue weighted by atomic mass is 16.5. The number of carbonyl (C=O) groups is 1. The number of benzene rings is 1. The van der Waals surface area contributed by atoms with Crippen molar-refractivity contribution in [2.45, 2.75) is 46.6 Å². The molecule has 1 saturated heterocycles. The van der Waals surface area contributed by atoms with Crippen molar-refractivity contribution in [1.82, 2.24) is 10.2 Å². The van der Waals surface area contributed by atoms with Crippen LogP contribution in [0.15, 0.2) is 12.1 Å². The second kappa shape index (κ2) is 8.68. The molecule has 0 saturated carbocycles. The molecule has 1 aliphatic rings. The molecular weight excluding hydrogens is 316 g/mol. The third-order valence-corrected chi connectivity index (χ3v) is 5.15. The van der Waals surface area contributed by atoms with Gasteiger partial charge in [0.1, 0.15) is 5.75 Å². The SMILES string of the molecule is CCC(C)(CNC(=O)COc1c(C)cc(C)cc1C)N1CCOCC1. The van der Waals surface area contributed by atoms with Crippen LogP contribution in [0.25, 0.3) is 0 Å². The minimum atomic E-state index is -0.0766. The van der Waals surface area contributed by atoms with Gasteiger partial charge in [0.2, 0.25) is 0 Å². The lowest BCUT2D eigenvalue weighted by Gasteiger charge is -2.43. The van der Waals surface area contributed by atoms with E-state index in [1.807, 2.05) is 13.8 Å². The highest BCUT2D eigenvalue weighted by Gasteiger charge is 2.31. The van der Waals surface area contributed by atoms with Crippen LogP contribution < -0.4 is 10.1 Å². The quantitative estimate of drug-likeness (QED) is 0.823. The number of aryl methyl sites for hydroxylation is 3. The molecule has 1 aromatic carbocycles. The van der Waals surface area contributed by atoms with Gasteiger partial charge in [-0.15, -0.1) is 0 Å². The molecule has 1 aliphatic heterocycles. The van der Waals surface area contributed by atoms with Gasteiger partial charge in [0.05, 0.1) is 13.2 Å². The zero-order valence-corrected chi connectivity index (χ0v) is 16.3. The van der Waals surface area contributed by atoms with Crippen molar-refractivity contribution in [3.63, 3.8) is 0 Å². The zero-order valence-electron chi connectivity index (χ0n) is 16.3. The van der Waals surface area contributed by atoms with E-state index in [0.717, 1.165) is 49.6 Å². The van der Waals surface area contributed by atoms with E-state index in [-0.39, 0.29) is 18.1 Å². The number of ether oxygens (including phenoxy) is 2. The number of nitrogens with one attached hydrogen (secondary N) is 1. The van der Waals surface area contributed by atoms with E-state index in [2.05, 4.69) is 43.1 Å². The van der Waals surface area contributed by atoms with Crippen LogP contribution in [0.3, 0.4) is 0 Å². The Labute approximate surface area is 151 Å². The van der Waals surface area contributed by atoms with Crippen molar-refractivity contribution in [1.29, 1.82) is 0 Å². The van der Waals surface area contributed by atoms with Crippen molar-refractivity contribution in [2.75, 3.05) is 39.5 Å². The van der Waals surface area contributed by atoms with Crippen LogP contribution in [0.2, 0.25) is 0 Å². The molecule has 0 radical (unpaired) electrons. The smallest absolute Gasteiger partial charge is 0.258 e. The van der Waals surface area contributed by atoms with Crippen LogP contribution >= 0.6 is 0 Å². The first kappa shape index (κ1) is 19.7. The predicted molar refractivity (Wildman–Crippen MR) is 100 cm³/mol. The van der Waals surface area contributed by atoms with Crippen LogP contribution in [-0.2, 0) is 9.53 Å². The normalized spacial score (nSPS) is 17.8. The Morgan fingerprint density at radius 1 is 1.24 bits per heavy atom. The lowest BCUT2D eigenvalue weighted by Crippen LogP contribution is -2.57. The van der Waals surface area contributed by atoms with Gasteiger partial charge in [-0.05, 0) is 45.2 Å². The monoisotopic (exact) mass is 348 g/mol. The van der Waals surface area contributed by atoms with E-state index in [0.29, 0.717) is 6.54 Å². The fraction of sp³-hybridized carbons (Fsp3) is 0.650. The van der Waals surface area contributed by atoms with Crippen molar-refractivity contribution in [3.05, 3.63) is 28.8 Å². The molecule has 5 nitrogen and oxygen atoms in total. The average Bonchev–Trinajstić information content (AvgIpc) is 2.59. The Kier molecular flexibility index (Phi) is 6.85. The molecule has 1 aromatic rings. The Morgan fingerprint density at radius 3 is 2.40 bits per heavy atom. The highest BCUT2D eigenvalue weighted by molar-refractivity contribution is 5.77. The summed E-state index contributed by atoms with van der Waals surface area (Å²) in [5.74, 6) is 0.736. The largest absolute Gasteiger partial charge is 0.483 e. The first-order valence-electron chi connectivity index (χ1n) is 9.16. The summed E-state index contributed by atoms with van der Waals surface area (Å²) in [4.78, 5) is 14.7. The van der Waals surface area contributed by atoms with E-state index in [4.69, 9.17) is 9.47 Å². The molecule has 25 heavy (non-hydrogen) atoms. The van der Waals surface area contributed by atoms with E-state index < -0.39 is 0 Å². The maximum Gasteiger partial charge on any atom is 0.258 e. The Morgan fingerprint density at radius 2 is 1.84 bits per heavy atom. The van der Waals surface area contributed by atoms with Crippen LogP contribution in [0.1, 0.15) is 37.0 Å². The number of rotatable bonds is 7. The van der Waals surface area contributed by atoms with E-state index in [1.165, 1.54) is 5.56 Å². The highest BCUT2D eigenvalue weighted by Crippen LogP contribution is 2.24. The minimum absolute atomic E-state index is 0.0465. The second-order valence-corrected chi connectivity index (χ2v) is 7.24. The summed E-state index contributed by atoms with van der Waals surface area (Å²) in [6.07, 6.45) is 0.977. The Hall–Kier alpha value is -1.59. The van der Waals surface area contributed by atoms with Gasteiger partial charge in [0.15, 0.2) is 6.61 Å². The molecule has 1 amide bonds. The van der Waals surface area contributed by atoms with Crippen LogP contribution in [-0.4, -0.2) is 55.8 Å². The fourth-order valence-corrected chi connectivity index (χ4v) is 3.44. The summed E-state index contributed by atoms with van der Waals surface area (Å²) in [6.45, 7) is 14.5. The lowest BCUT2D eigenvalue weighted by molar-refractivity contribution is -0.124. The third kappa shape index (κ3) is 5.19. The topological polar surface area (TPSA) is 50.8 Å². The van der Waals surface area contributed by atoms with Crippen molar-refractivity contribution in [3.8, 4) is 5.75 Å². The summed E-state index contributed by atoms with van der Waals surface area (Å²) < 4.78 is 11.2. The van der Waals surface area contributed by atoms with Crippen molar-refractivity contribution >= 4 is 5.91 Å². The van der Waals surface area contributed by atoms with Crippen LogP contribution in [0, 0.1) is 20.8 Å². The van der Waals surface area contributed by atoms with E-state index in [9.17, 15) is 4.79 Å². The molecule has 0 aliphatic carbocycles. The van der Waals surface area contributed by atoms with Crippen molar-refractivity contribution in [2.24, 2.45) is 0 Å². The minimum Gasteiger partial charge on any atom is -0.483 e. The summed E-state index contributed by atoms with van der Waals surface area (Å²) >= 11 is 0. The molecule has 1 unspecified atom stereocenters. The first-order valence-corrected chi connectivity index (χ1v) is 9.16. The summed E-state index contributed by atoms with van der Waals surface area (Å²) in [5, 5.41) is 3.05. The molecule has 5 heteroatoms. The molecule has 1 N–H and O–H groups in total. The lowest BCUT2D eigenvalue weighted by atomic mass is 9.95. The van der Waals surface area contributed by atoms with Gasteiger partial charge in [0.25, 0.3) is 5.91 Å². The fourth-order valence-electron chi connectivity index (χ4n) is 3.44. The van der Waals surface area contributed by atoms with Gasteiger partial charge < -0.3 is 14.8 Å². The van der Waals surface area contributed by atoms with Crippen LogP contribution in [0.4, 0.5) is 0 Å². The van der Waals surface area contributed by atoms with Crippen LogP contribution in [0.5, 0.6) is 5.75 Å². The van der Waals surface area contributed by atoms with Gasteiger partial charge >= 0.3 is 0 Å². The predicted octanol–water partition coefficient (Wildman–Crippen LogP) is 2.61. The second-order valence-electron chi connectivity index (χ2n) is 7.24. The third-order valence-electron chi connectivity index (χ3n) is 5.15. The molecule has 0 spiro atoms. The first-order chi connectivity index (χ1) is 11.9. The van der Waals surface area contributed by atoms with E-state index in [1.54, 1.807) is 0 Å². The Bertz CT molecular complexity index is 574. The number of hydrogen-bond acceptors (Lipinski definition) is 4. The van der Waals surface area contributed by atoms with Gasteiger partial charge in [-0.2, -0.15) is 0 Å². The molecule has 140 valence electrons. The number of carbonyl (C=O) groups excluding carboxylic acids is 1. The van der Waals surface area contributed by atoms with Crippen molar-refractivity contribution < 1.29 is 14.3 Å². The number of amides is 1. The molecule has 0 aromatic heterocycles. The number of morpholine rings is 1. The average molecular weight is 348 g/mol. The Balaban J connectivity index is 1.87. The molecule has 0 bridgehead atoms. The molecule has 1 atom stereocenters.